The smallest absolute Gasteiger partial charge is 0.323 e. The Morgan fingerprint density at radius 2 is 1.65 bits per heavy atom. The molecule has 0 spiro atoms. The molecule has 3 N–H and O–H groups in total. The molecule has 0 aliphatic carbocycles. The van der Waals surface area contributed by atoms with Crippen LogP contribution in [0.3, 0.4) is 0 Å². The number of rotatable bonds is 2. The van der Waals surface area contributed by atoms with Crippen molar-refractivity contribution in [2.45, 2.75) is 16.6 Å². The van der Waals surface area contributed by atoms with Crippen molar-refractivity contribution in [1.29, 1.82) is 0 Å². The van der Waals surface area contributed by atoms with Gasteiger partial charge in [-0.1, -0.05) is 6.07 Å². The van der Waals surface area contributed by atoms with Gasteiger partial charge in [0.1, 0.15) is 0 Å². The number of hydrogen-bond acceptors (Lipinski definition) is 3. The van der Waals surface area contributed by atoms with Gasteiger partial charge in [0, 0.05) is 0 Å². The first kappa shape index (κ1) is 14.0. The van der Waals surface area contributed by atoms with E-state index >= 15 is 0 Å². The Bertz CT molecular complexity index is 400. The SMILES string of the molecule is NNc1cccc(C(F)(F)F)c1SC(F)(F)F. The first-order chi connectivity index (χ1) is 7.65. The second kappa shape index (κ2) is 4.65. The van der Waals surface area contributed by atoms with E-state index in [1.807, 2.05) is 5.43 Å². The number of hydrazine groups is 1. The normalized spacial score (nSPS) is 12.6. The van der Waals surface area contributed by atoms with Crippen molar-refractivity contribution >= 4 is 17.4 Å². The molecule has 0 saturated carbocycles. The van der Waals surface area contributed by atoms with Crippen molar-refractivity contribution < 1.29 is 26.3 Å². The van der Waals surface area contributed by atoms with Crippen LogP contribution in [0, 0.1) is 0 Å². The van der Waals surface area contributed by atoms with Crippen molar-refractivity contribution in [1.82, 2.24) is 0 Å². The molecule has 0 amide bonds. The summed E-state index contributed by atoms with van der Waals surface area (Å²) in [4.78, 5) is -0.991. The lowest BCUT2D eigenvalue weighted by atomic mass is 10.2. The number of benzene rings is 1. The third-order valence-electron chi connectivity index (χ3n) is 1.69. The van der Waals surface area contributed by atoms with Crippen LogP contribution < -0.4 is 11.3 Å². The summed E-state index contributed by atoms with van der Waals surface area (Å²) in [6, 6.07) is 2.57. The van der Waals surface area contributed by atoms with E-state index in [4.69, 9.17) is 5.84 Å². The summed E-state index contributed by atoms with van der Waals surface area (Å²) in [7, 11) is 0. The summed E-state index contributed by atoms with van der Waals surface area (Å²) >= 11 is -0.857. The number of hydrogen-bond donors (Lipinski definition) is 2. The molecule has 0 saturated heterocycles. The average Bonchev–Trinajstić information content (AvgIpc) is 2.13. The molecule has 1 rings (SSSR count). The monoisotopic (exact) mass is 276 g/mol. The molecule has 0 aliphatic heterocycles. The maximum atomic E-state index is 12.5. The fourth-order valence-corrected chi connectivity index (χ4v) is 1.86. The highest BCUT2D eigenvalue weighted by molar-refractivity contribution is 8.00. The molecule has 2 nitrogen and oxygen atoms in total. The number of thioether (sulfide) groups is 1. The summed E-state index contributed by atoms with van der Waals surface area (Å²) in [5.74, 6) is 4.88. The van der Waals surface area contributed by atoms with Crippen molar-refractivity contribution in [3.05, 3.63) is 23.8 Å². The van der Waals surface area contributed by atoms with E-state index in [1.54, 1.807) is 0 Å². The van der Waals surface area contributed by atoms with Crippen molar-refractivity contribution in [3.63, 3.8) is 0 Å². The Morgan fingerprint density at radius 3 is 2.06 bits per heavy atom. The van der Waals surface area contributed by atoms with Crippen molar-refractivity contribution in [3.8, 4) is 0 Å². The minimum Gasteiger partial charge on any atom is -0.323 e. The summed E-state index contributed by atoms with van der Waals surface area (Å²) in [5.41, 5.74) is -4.82. The minimum atomic E-state index is -4.87. The Labute approximate surface area is 96.1 Å². The van der Waals surface area contributed by atoms with Crippen LogP contribution in [0.5, 0.6) is 0 Å². The quantitative estimate of drug-likeness (QED) is 0.375. The van der Waals surface area contributed by atoms with Gasteiger partial charge in [-0.15, -0.1) is 0 Å². The molecule has 0 heterocycles. The van der Waals surface area contributed by atoms with Gasteiger partial charge in [-0.25, -0.2) is 0 Å². The largest absolute Gasteiger partial charge is 0.446 e. The highest BCUT2D eigenvalue weighted by Gasteiger charge is 2.39. The summed E-state index contributed by atoms with van der Waals surface area (Å²) in [6.45, 7) is 0. The van der Waals surface area contributed by atoms with Gasteiger partial charge in [0.05, 0.1) is 16.1 Å². The standard InChI is InChI=1S/C8H6F6N2S/c9-7(10,11)4-2-1-3-5(16-15)6(4)17-8(12,13)14/h1-3,16H,15H2. The van der Waals surface area contributed by atoms with E-state index in [0.717, 1.165) is 12.1 Å². The van der Waals surface area contributed by atoms with Crippen LogP contribution in [-0.4, -0.2) is 5.51 Å². The van der Waals surface area contributed by atoms with Gasteiger partial charge in [-0.3, -0.25) is 5.84 Å². The van der Waals surface area contributed by atoms with Crippen molar-refractivity contribution in [2.24, 2.45) is 5.84 Å². The van der Waals surface area contributed by atoms with E-state index in [2.05, 4.69) is 0 Å². The Kier molecular flexibility index (Phi) is 3.82. The molecule has 0 bridgehead atoms. The van der Waals surface area contributed by atoms with Gasteiger partial charge < -0.3 is 5.43 Å². The first-order valence-corrected chi connectivity index (χ1v) is 4.89. The predicted octanol–water partition coefficient (Wildman–Crippen LogP) is 3.60. The van der Waals surface area contributed by atoms with Gasteiger partial charge in [-0.2, -0.15) is 26.3 Å². The van der Waals surface area contributed by atoms with Crippen LogP contribution in [0.2, 0.25) is 0 Å². The zero-order valence-electron chi connectivity index (χ0n) is 7.99. The van der Waals surface area contributed by atoms with Crippen LogP contribution in [0.4, 0.5) is 32.0 Å². The summed E-state index contributed by atoms with van der Waals surface area (Å²) in [6.07, 6.45) is -4.87. The van der Waals surface area contributed by atoms with E-state index in [1.165, 1.54) is 0 Å². The second-order valence-electron chi connectivity index (χ2n) is 2.87. The highest BCUT2D eigenvalue weighted by atomic mass is 32.2. The molecular formula is C8H6F6N2S. The average molecular weight is 276 g/mol. The number of nitrogens with one attached hydrogen (secondary N) is 1. The van der Waals surface area contributed by atoms with E-state index in [0.29, 0.717) is 6.07 Å². The zero-order chi connectivity index (χ0) is 13.3. The first-order valence-electron chi connectivity index (χ1n) is 4.07. The third kappa shape index (κ3) is 3.70. The fraction of sp³-hybridized carbons (Fsp3) is 0.250. The molecule has 0 aliphatic rings. The topological polar surface area (TPSA) is 38.0 Å². The highest BCUT2D eigenvalue weighted by Crippen LogP contribution is 2.46. The van der Waals surface area contributed by atoms with Gasteiger partial charge in [0.2, 0.25) is 0 Å². The third-order valence-corrected chi connectivity index (χ3v) is 2.57. The maximum Gasteiger partial charge on any atom is 0.446 e. The molecular weight excluding hydrogens is 270 g/mol. The molecule has 0 radical (unpaired) electrons. The van der Waals surface area contributed by atoms with Crippen LogP contribution in [0.15, 0.2) is 23.1 Å². The zero-order valence-corrected chi connectivity index (χ0v) is 8.80. The Hall–Kier alpha value is -1.09. The molecule has 1 aromatic carbocycles. The van der Waals surface area contributed by atoms with Gasteiger partial charge >= 0.3 is 11.7 Å². The van der Waals surface area contributed by atoms with E-state index in [9.17, 15) is 26.3 Å². The molecule has 0 unspecified atom stereocenters. The van der Waals surface area contributed by atoms with Crippen LogP contribution in [0.1, 0.15) is 5.56 Å². The second-order valence-corrected chi connectivity index (χ2v) is 3.95. The molecule has 96 valence electrons. The Morgan fingerprint density at radius 1 is 1.06 bits per heavy atom. The number of halogens is 6. The molecule has 9 heteroatoms. The Balaban J connectivity index is 3.31. The molecule has 17 heavy (non-hydrogen) atoms. The van der Waals surface area contributed by atoms with Gasteiger partial charge in [-0.05, 0) is 23.9 Å². The molecule has 0 aromatic heterocycles. The lowest BCUT2D eigenvalue weighted by molar-refractivity contribution is -0.139. The molecule has 0 atom stereocenters. The van der Waals surface area contributed by atoms with Crippen LogP contribution in [0.25, 0.3) is 0 Å². The van der Waals surface area contributed by atoms with Crippen LogP contribution in [-0.2, 0) is 6.18 Å². The van der Waals surface area contributed by atoms with Crippen LogP contribution >= 0.6 is 11.8 Å². The lowest BCUT2D eigenvalue weighted by Crippen LogP contribution is -2.14. The minimum absolute atomic E-state index is 0.429. The van der Waals surface area contributed by atoms with E-state index < -0.39 is 39.6 Å². The van der Waals surface area contributed by atoms with E-state index in [-0.39, 0.29) is 0 Å². The fourth-order valence-electron chi connectivity index (χ4n) is 1.10. The number of nitrogen functional groups attached to an aromatic ring is 1. The maximum absolute atomic E-state index is 12.5. The number of alkyl halides is 6. The molecule has 0 fully saturated rings. The van der Waals surface area contributed by atoms with Crippen molar-refractivity contribution in [2.75, 3.05) is 5.43 Å². The van der Waals surface area contributed by atoms with Gasteiger partial charge in [0.25, 0.3) is 0 Å². The summed E-state index contributed by atoms with van der Waals surface area (Å²) < 4.78 is 73.9. The number of nitrogens with two attached hydrogens (primary N) is 1. The lowest BCUT2D eigenvalue weighted by Gasteiger charge is -2.16. The van der Waals surface area contributed by atoms with Gasteiger partial charge in [0.15, 0.2) is 0 Å². The predicted molar refractivity (Wildman–Crippen MR) is 51.2 cm³/mol. The summed E-state index contributed by atoms with van der Waals surface area (Å²) in [5, 5.41) is 0. The molecule has 1 aromatic rings. The number of anilines is 1.